The zero-order valence-corrected chi connectivity index (χ0v) is 11.9. The molecule has 0 fully saturated rings. The molecule has 0 unspecified atom stereocenters. The minimum absolute atomic E-state index is 0.0740. The number of rotatable bonds is 4. The van der Waals surface area contributed by atoms with Crippen molar-refractivity contribution in [2.75, 3.05) is 5.32 Å². The maximum atomic E-state index is 12.6. The van der Waals surface area contributed by atoms with Gasteiger partial charge >= 0.3 is 6.18 Å². The second kappa shape index (κ2) is 6.23. The number of nitrogens with two attached hydrogens (primary N) is 1. The molecule has 1 heterocycles. The number of pyridine rings is 1. The number of carbonyl (C=O) groups is 1. The largest absolute Gasteiger partial charge is 0.416 e. The maximum absolute atomic E-state index is 12.6. The first-order valence-corrected chi connectivity index (χ1v) is 6.50. The van der Waals surface area contributed by atoms with E-state index in [4.69, 9.17) is 17.3 Å². The van der Waals surface area contributed by atoms with Crippen molar-refractivity contribution in [3.05, 3.63) is 58.4 Å². The van der Waals surface area contributed by atoms with E-state index >= 15 is 0 Å². The van der Waals surface area contributed by atoms with Gasteiger partial charge in [-0.3, -0.25) is 4.79 Å². The summed E-state index contributed by atoms with van der Waals surface area (Å²) in [7, 11) is 0. The van der Waals surface area contributed by atoms with Crippen molar-refractivity contribution >= 4 is 23.2 Å². The van der Waals surface area contributed by atoms with Crippen LogP contribution < -0.4 is 11.1 Å². The molecule has 0 saturated carbocycles. The van der Waals surface area contributed by atoms with E-state index in [2.05, 4.69) is 10.3 Å². The third-order valence-electron chi connectivity index (χ3n) is 2.87. The van der Waals surface area contributed by atoms with Crippen molar-refractivity contribution < 1.29 is 18.0 Å². The van der Waals surface area contributed by atoms with Crippen molar-refractivity contribution in [1.29, 1.82) is 0 Å². The van der Waals surface area contributed by atoms with Gasteiger partial charge in [0.05, 0.1) is 16.8 Å². The van der Waals surface area contributed by atoms with Crippen LogP contribution in [0.1, 0.15) is 21.5 Å². The fraction of sp³-hybridized carbons (Fsp3) is 0.143. The molecule has 0 bridgehead atoms. The van der Waals surface area contributed by atoms with E-state index in [1.807, 2.05) is 0 Å². The number of hydrogen-bond donors (Lipinski definition) is 2. The summed E-state index contributed by atoms with van der Waals surface area (Å²) in [5, 5.41) is 2.97. The van der Waals surface area contributed by atoms with Crippen molar-refractivity contribution in [3.63, 3.8) is 0 Å². The van der Waals surface area contributed by atoms with Crippen LogP contribution in [-0.2, 0) is 12.7 Å². The van der Waals surface area contributed by atoms with Gasteiger partial charge in [-0.25, -0.2) is 4.98 Å². The molecule has 116 valence electrons. The van der Waals surface area contributed by atoms with Crippen LogP contribution >= 0.6 is 11.6 Å². The second-order valence-electron chi connectivity index (χ2n) is 4.47. The van der Waals surface area contributed by atoms with Crippen LogP contribution in [0.25, 0.3) is 0 Å². The highest BCUT2D eigenvalue weighted by molar-refractivity contribution is 6.29. The molecule has 4 nitrogen and oxygen atoms in total. The molecular weight excluding hydrogens is 319 g/mol. The van der Waals surface area contributed by atoms with E-state index in [9.17, 15) is 18.0 Å². The first-order chi connectivity index (χ1) is 10.3. The number of halogens is 4. The van der Waals surface area contributed by atoms with Gasteiger partial charge in [0.2, 0.25) is 0 Å². The first-order valence-electron chi connectivity index (χ1n) is 6.13. The average molecular weight is 330 g/mol. The van der Waals surface area contributed by atoms with Gasteiger partial charge in [0.25, 0.3) is 5.91 Å². The summed E-state index contributed by atoms with van der Waals surface area (Å²) >= 11 is 5.74. The molecule has 1 aromatic carbocycles. The van der Waals surface area contributed by atoms with Crippen molar-refractivity contribution in [1.82, 2.24) is 4.98 Å². The fourth-order valence-electron chi connectivity index (χ4n) is 1.83. The van der Waals surface area contributed by atoms with Gasteiger partial charge in [0.15, 0.2) is 0 Å². The van der Waals surface area contributed by atoms with Gasteiger partial charge in [-0.1, -0.05) is 23.7 Å². The van der Waals surface area contributed by atoms with Crippen LogP contribution in [0.15, 0.2) is 36.5 Å². The molecule has 3 N–H and O–H groups in total. The Balaban J connectivity index is 2.20. The molecule has 2 rings (SSSR count). The van der Waals surface area contributed by atoms with Crippen LogP contribution in [-0.4, -0.2) is 10.9 Å². The van der Waals surface area contributed by atoms with Crippen LogP contribution in [0.5, 0.6) is 0 Å². The highest BCUT2D eigenvalue weighted by Gasteiger charge is 2.30. The summed E-state index contributed by atoms with van der Waals surface area (Å²) in [5.74, 6) is -0.712. The fourth-order valence-corrected chi connectivity index (χ4v) is 1.99. The monoisotopic (exact) mass is 329 g/mol. The molecule has 0 saturated heterocycles. The van der Waals surface area contributed by atoms with Gasteiger partial charge in [-0.2, -0.15) is 13.2 Å². The zero-order valence-electron chi connectivity index (χ0n) is 11.1. The lowest BCUT2D eigenvalue weighted by molar-refractivity contribution is -0.137. The SMILES string of the molecule is NC(=O)c1cnc(Cl)cc1NCc1cccc(C(F)(F)F)c1. The third kappa shape index (κ3) is 3.88. The van der Waals surface area contributed by atoms with E-state index in [1.54, 1.807) is 0 Å². The van der Waals surface area contributed by atoms with Crippen LogP contribution in [0.4, 0.5) is 18.9 Å². The summed E-state index contributed by atoms with van der Waals surface area (Å²) in [6, 6.07) is 6.25. The molecule has 22 heavy (non-hydrogen) atoms. The predicted octanol–water partition coefficient (Wildman–Crippen LogP) is 3.46. The van der Waals surface area contributed by atoms with Crippen molar-refractivity contribution in [3.8, 4) is 0 Å². The highest BCUT2D eigenvalue weighted by Crippen LogP contribution is 2.29. The highest BCUT2D eigenvalue weighted by atomic mass is 35.5. The smallest absolute Gasteiger partial charge is 0.380 e. The summed E-state index contributed by atoms with van der Waals surface area (Å²) in [6.07, 6.45) is -3.20. The molecule has 0 aliphatic carbocycles. The number of amides is 1. The van der Waals surface area contributed by atoms with Gasteiger partial charge < -0.3 is 11.1 Å². The topological polar surface area (TPSA) is 68.0 Å². The molecular formula is C14H11ClF3N3O. The number of carbonyl (C=O) groups excluding carboxylic acids is 1. The number of alkyl halides is 3. The Labute approximate surface area is 129 Å². The van der Waals surface area contributed by atoms with Gasteiger partial charge in [0, 0.05) is 12.7 Å². The Bertz CT molecular complexity index is 704. The van der Waals surface area contributed by atoms with Crippen molar-refractivity contribution in [2.45, 2.75) is 12.7 Å². The van der Waals surface area contributed by atoms with Crippen molar-refractivity contribution in [2.24, 2.45) is 5.73 Å². The lowest BCUT2D eigenvalue weighted by Gasteiger charge is -2.12. The standard InChI is InChI=1S/C14H11ClF3N3O/c15-12-5-11(10(7-21-12)13(19)22)20-6-8-2-1-3-9(4-8)14(16,17)18/h1-5,7H,6H2,(H2,19,22)(H,20,21). The van der Waals surface area contributed by atoms with E-state index in [-0.39, 0.29) is 17.3 Å². The van der Waals surface area contributed by atoms with E-state index in [1.165, 1.54) is 24.4 Å². The number of benzene rings is 1. The van der Waals surface area contributed by atoms with Gasteiger partial charge in [0.1, 0.15) is 5.15 Å². The molecule has 0 radical (unpaired) electrons. The van der Waals surface area contributed by atoms with E-state index in [0.29, 0.717) is 11.3 Å². The molecule has 2 aromatic rings. The third-order valence-corrected chi connectivity index (χ3v) is 3.08. The Morgan fingerprint density at radius 2 is 2.05 bits per heavy atom. The summed E-state index contributed by atoms with van der Waals surface area (Å²) in [5.41, 5.74) is 5.28. The van der Waals surface area contributed by atoms with Crippen LogP contribution in [0.3, 0.4) is 0 Å². The predicted molar refractivity (Wildman–Crippen MR) is 76.5 cm³/mol. The van der Waals surface area contributed by atoms with Gasteiger partial charge in [-0.05, 0) is 23.8 Å². The Hall–Kier alpha value is -2.28. The lowest BCUT2D eigenvalue weighted by Crippen LogP contribution is -2.15. The maximum Gasteiger partial charge on any atom is 0.416 e. The first kappa shape index (κ1) is 16.1. The minimum Gasteiger partial charge on any atom is -0.380 e. The summed E-state index contributed by atoms with van der Waals surface area (Å²) in [6.45, 7) is 0.0740. The van der Waals surface area contributed by atoms with Crippen LogP contribution in [0.2, 0.25) is 5.15 Å². The number of primary amides is 1. The van der Waals surface area contributed by atoms with Gasteiger partial charge in [-0.15, -0.1) is 0 Å². The molecule has 1 amide bonds. The Morgan fingerprint density at radius 3 is 2.68 bits per heavy atom. The molecule has 0 spiro atoms. The number of nitrogens with one attached hydrogen (secondary N) is 1. The average Bonchev–Trinajstić information content (AvgIpc) is 2.44. The number of nitrogens with zero attached hydrogens (tertiary/aromatic N) is 1. The Kier molecular flexibility index (Phi) is 4.56. The molecule has 0 aliphatic rings. The molecule has 1 aromatic heterocycles. The summed E-state index contributed by atoms with van der Waals surface area (Å²) in [4.78, 5) is 15.0. The molecule has 0 atom stereocenters. The second-order valence-corrected chi connectivity index (χ2v) is 4.86. The normalized spacial score (nSPS) is 11.3. The molecule has 8 heteroatoms. The zero-order chi connectivity index (χ0) is 16.3. The quantitative estimate of drug-likeness (QED) is 0.844. The Morgan fingerprint density at radius 1 is 1.32 bits per heavy atom. The van der Waals surface area contributed by atoms with E-state index < -0.39 is 17.6 Å². The van der Waals surface area contributed by atoms with Crippen LogP contribution in [0, 0.1) is 0 Å². The molecule has 0 aliphatic heterocycles. The van der Waals surface area contributed by atoms with E-state index in [0.717, 1.165) is 12.1 Å². The lowest BCUT2D eigenvalue weighted by atomic mass is 10.1. The number of hydrogen-bond acceptors (Lipinski definition) is 3. The number of anilines is 1. The number of aromatic nitrogens is 1. The summed E-state index contributed by atoms with van der Waals surface area (Å²) < 4.78 is 37.9. The minimum atomic E-state index is -4.41.